The van der Waals surface area contributed by atoms with Crippen LogP contribution in [0.15, 0.2) is 54.7 Å². The largest absolute Gasteiger partial charge is 0.390 e. The Morgan fingerprint density at radius 2 is 1.51 bits per heavy atom. The summed E-state index contributed by atoms with van der Waals surface area (Å²) in [6.07, 6.45) is 4.53. The Labute approximate surface area is 284 Å². The number of hydrogen-bond acceptors (Lipinski definition) is 5. The molecule has 0 heterocycles. The summed E-state index contributed by atoms with van der Waals surface area (Å²) in [7, 11) is 1.67. The Balaban J connectivity index is -0.000000877. The van der Waals surface area contributed by atoms with Crippen molar-refractivity contribution in [2.45, 2.75) is 113 Å². The van der Waals surface area contributed by atoms with Crippen molar-refractivity contribution in [1.29, 1.82) is 0 Å². The molecule has 1 aromatic rings. The number of amides is 3. The third-order valence-corrected chi connectivity index (χ3v) is 6.35. The van der Waals surface area contributed by atoms with Gasteiger partial charge in [0.05, 0.1) is 18.0 Å². The van der Waals surface area contributed by atoms with Crippen molar-refractivity contribution in [2.24, 2.45) is 11.7 Å². The van der Waals surface area contributed by atoms with Crippen molar-refractivity contribution in [2.75, 3.05) is 26.7 Å². The monoisotopic (exact) mass is 666 g/mol. The van der Waals surface area contributed by atoms with Crippen LogP contribution < -0.4 is 16.4 Å². The van der Waals surface area contributed by atoms with Crippen molar-refractivity contribution in [3.63, 3.8) is 0 Å². The SMILES string of the molecule is C=C(C)CCC(NC(=O)c1cc(C)cc(C(=O)N(CCC)CCC)c1)C(O)CN.C=C(F)/C=C(\C)F.CC.CNC(=O)CCC(C)C. The van der Waals surface area contributed by atoms with Crippen LogP contribution in [-0.4, -0.2) is 66.6 Å². The van der Waals surface area contributed by atoms with E-state index in [4.69, 9.17) is 5.73 Å². The number of carbonyl (C=O) groups is 3. The molecule has 8 nitrogen and oxygen atoms in total. The predicted octanol–water partition coefficient (Wildman–Crippen LogP) is 7.57. The maximum absolute atomic E-state index is 12.9. The van der Waals surface area contributed by atoms with E-state index in [0.717, 1.165) is 43.4 Å². The van der Waals surface area contributed by atoms with Gasteiger partial charge in [-0.3, -0.25) is 14.4 Å². The van der Waals surface area contributed by atoms with Gasteiger partial charge in [-0.2, -0.15) is 0 Å². The number of benzene rings is 1. The van der Waals surface area contributed by atoms with Gasteiger partial charge in [0.25, 0.3) is 11.8 Å². The van der Waals surface area contributed by atoms with Gasteiger partial charge in [-0.05, 0) is 82.6 Å². The van der Waals surface area contributed by atoms with E-state index in [2.05, 4.69) is 37.6 Å². The maximum atomic E-state index is 12.9. The number of rotatable bonds is 16. The second-order valence-corrected chi connectivity index (χ2v) is 11.5. The lowest BCUT2D eigenvalue weighted by Crippen LogP contribution is -2.46. The molecule has 3 amide bonds. The van der Waals surface area contributed by atoms with E-state index in [1.54, 1.807) is 19.2 Å². The fraction of sp³-hybridized carbons (Fsp3) is 0.595. The van der Waals surface area contributed by atoms with Gasteiger partial charge in [0.2, 0.25) is 5.91 Å². The summed E-state index contributed by atoms with van der Waals surface area (Å²) in [6.45, 7) is 25.4. The van der Waals surface area contributed by atoms with E-state index < -0.39 is 23.8 Å². The second kappa shape index (κ2) is 28.8. The Hall–Kier alpha value is -3.37. The fourth-order valence-corrected chi connectivity index (χ4v) is 4.01. The topological polar surface area (TPSA) is 125 Å². The molecular weight excluding hydrogens is 602 g/mol. The van der Waals surface area contributed by atoms with Crippen molar-refractivity contribution >= 4 is 17.7 Å². The van der Waals surface area contributed by atoms with Gasteiger partial charge in [0.1, 0.15) is 5.83 Å². The molecular formula is C37H64F2N4O4. The summed E-state index contributed by atoms with van der Waals surface area (Å²) in [5.74, 6) is -0.926. The molecule has 0 aliphatic rings. The van der Waals surface area contributed by atoms with Gasteiger partial charge in [-0.15, -0.1) is 6.58 Å². The van der Waals surface area contributed by atoms with Crippen LogP contribution in [-0.2, 0) is 4.79 Å². The van der Waals surface area contributed by atoms with Gasteiger partial charge < -0.3 is 26.4 Å². The summed E-state index contributed by atoms with van der Waals surface area (Å²) in [6, 6.07) is 4.72. The quantitative estimate of drug-likeness (QED) is 0.107. The van der Waals surface area contributed by atoms with Crippen LogP contribution in [0.1, 0.15) is 120 Å². The first-order valence-electron chi connectivity index (χ1n) is 16.7. The van der Waals surface area contributed by atoms with Crippen LogP contribution in [0.2, 0.25) is 0 Å². The van der Waals surface area contributed by atoms with E-state index in [-0.39, 0.29) is 24.3 Å². The van der Waals surface area contributed by atoms with E-state index >= 15 is 0 Å². The smallest absolute Gasteiger partial charge is 0.253 e. The first-order chi connectivity index (χ1) is 22.0. The van der Waals surface area contributed by atoms with Gasteiger partial charge in [-0.25, -0.2) is 8.78 Å². The van der Waals surface area contributed by atoms with Crippen LogP contribution in [0.3, 0.4) is 0 Å². The fourth-order valence-electron chi connectivity index (χ4n) is 4.01. The van der Waals surface area contributed by atoms with Crippen molar-refractivity contribution in [3.05, 3.63) is 71.4 Å². The molecule has 47 heavy (non-hydrogen) atoms. The van der Waals surface area contributed by atoms with Crippen LogP contribution in [0.5, 0.6) is 0 Å². The molecule has 0 spiro atoms. The Kier molecular flexibility index (Phi) is 29.5. The molecule has 1 rings (SSSR count). The Morgan fingerprint density at radius 3 is 1.89 bits per heavy atom. The average molecular weight is 667 g/mol. The minimum Gasteiger partial charge on any atom is -0.390 e. The highest BCUT2D eigenvalue weighted by atomic mass is 19.1. The number of aryl methyl sites for hydroxylation is 1. The number of nitrogens with zero attached hydrogens (tertiary/aromatic N) is 1. The number of aliphatic hydroxyl groups is 1. The Bertz CT molecular complexity index is 1100. The molecule has 0 saturated heterocycles. The minimum absolute atomic E-state index is 0.0572. The Morgan fingerprint density at radius 1 is 0.979 bits per heavy atom. The summed E-state index contributed by atoms with van der Waals surface area (Å²) >= 11 is 0. The van der Waals surface area contributed by atoms with E-state index in [0.29, 0.717) is 49.4 Å². The van der Waals surface area contributed by atoms with Crippen LogP contribution in [0.25, 0.3) is 0 Å². The molecule has 2 unspecified atom stereocenters. The van der Waals surface area contributed by atoms with Crippen LogP contribution in [0.4, 0.5) is 8.78 Å². The summed E-state index contributed by atoms with van der Waals surface area (Å²) in [4.78, 5) is 38.2. The average Bonchev–Trinajstić information content (AvgIpc) is 3.01. The van der Waals surface area contributed by atoms with Crippen LogP contribution in [0, 0.1) is 12.8 Å². The first kappa shape index (κ1) is 48.0. The number of halogens is 2. The second-order valence-electron chi connectivity index (χ2n) is 11.5. The number of allylic oxidation sites excluding steroid dienone is 4. The number of nitrogens with two attached hydrogens (primary N) is 1. The molecule has 10 heteroatoms. The van der Waals surface area contributed by atoms with E-state index in [1.807, 2.05) is 52.5 Å². The zero-order valence-corrected chi connectivity index (χ0v) is 30.8. The lowest BCUT2D eigenvalue weighted by atomic mass is 10.0. The maximum Gasteiger partial charge on any atom is 0.253 e. The molecule has 0 fully saturated rings. The molecule has 270 valence electrons. The summed E-state index contributed by atoms with van der Waals surface area (Å²) in [5.41, 5.74) is 8.33. The molecule has 5 N–H and O–H groups in total. The lowest BCUT2D eigenvalue weighted by Gasteiger charge is -2.24. The minimum atomic E-state index is -0.839. The summed E-state index contributed by atoms with van der Waals surface area (Å²) < 4.78 is 23.0. The van der Waals surface area contributed by atoms with Crippen molar-refractivity contribution in [1.82, 2.24) is 15.5 Å². The molecule has 0 saturated carbocycles. The number of hydrogen-bond donors (Lipinski definition) is 4. The van der Waals surface area contributed by atoms with E-state index in [1.165, 1.54) is 0 Å². The molecule has 0 aliphatic carbocycles. The molecule has 0 aliphatic heterocycles. The third kappa shape index (κ3) is 25.4. The first-order valence-corrected chi connectivity index (χ1v) is 16.7. The lowest BCUT2D eigenvalue weighted by molar-refractivity contribution is -0.120. The number of aliphatic hydroxyl groups excluding tert-OH is 1. The van der Waals surface area contributed by atoms with Gasteiger partial charge in [0, 0.05) is 50.3 Å². The standard InChI is InChI=1S/C23H37N3O3.C7H15NO.C5H6F2.C2H6/c1-6-10-26(11-7-2)23(29)19-13-17(5)12-18(14-19)22(28)25-20(21(27)15-24)9-8-16(3)4;1-6(2)4-5-7(9)8-3;1-4(6)3-5(2)7;1-2/h12-14,20-21,27H,3,6-11,15,24H2,1-2,4-5H3,(H,25,28);6H,4-5H2,1-3H3,(H,8,9);3H,1H2,2H3;1-2H3/b;;5-3+;. The normalized spacial score (nSPS) is 11.7. The van der Waals surface area contributed by atoms with Gasteiger partial charge in [0.15, 0.2) is 0 Å². The van der Waals surface area contributed by atoms with E-state index in [9.17, 15) is 28.3 Å². The predicted molar refractivity (Wildman–Crippen MR) is 193 cm³/mol. The zero-order valence-electron chi connectivity index (χ0n) is 30.8. The molecule has 2 atom stereocenters. The zero-order chi connectivity index (χ0) is 37.1. The molecule has 0 bridgehead atoms. The third-order valence-electron chi connectivity index (χ3n) is 6.35. The van der Waals surface area contributed by atoms with Crippen molar-refractivity contribution < 1.29 is 28.3 Å². The van der Waals surface area contributed by atoms with Crippen molar-refractivity contribution in [3.8, 4) is 0 Å². The number of carbonyl (C=O) groups excluding carboxylic acids is 3. The highest BCUT2D eigenvalue weighted by Gasteiger charge is 2.22. The molecule has 0 aromatic heterocycles. The van der Waals surface area contributed by atoms with Gasteiger partial charge in [-0.1, -0.05) is 53.7 Å². The number of nitrogens with one attached hydrogen (secondary N) is 2. The molecule has 0 radical (unpaired) electrons. The highest BCUT2D eigenvalue weighted by molar-refractivity contribution is 6.00. The highest BCUT2D eigenvalue weighted by Crippen LogP contribution is 2.15. The molecule has 1 aromatic carbocycles. The van der Waals surface area contributed by atoms with Crippen LogP contribution >= 0.6 is 0 Å². The summed E-state index contributed by atoms with van der Waals surface area (Å²) in [5, 5.41) is 15.6. The van der Waals surface area contributed by atoms with Gasteiger partial charge >= 0.3 is 0 Å².